The van der Waals surface area contributed by atoms with Crippen molar-refractivity contribution in [2.45, 2.75) is 33.2 Å². The molecule has 0 aromatic heterocycles. The Kier molecular flexibility index (Phi) is 3.91. The number of hydrogen-bond donors (Lipinski definition) is 1. The molecule has 62 valence electrons. The van der Waals surface area contributed by atoms with E-state index in [0.717, 1.165) is 13.0 Å². The molecule has 0 aliphatic carbocycles. The second-order valence-electron chi connectivity index (χ2n) is 3.75. The van der Waals surface area contributed by atoms with Crippen LogP contribution in [-0.4, -0.2) is 19.8 Å². The van der Waals surface area contributed by atoms with Crippen molar-refractivity contribution in [3.63, 3.8) is 0 Å². The molecule has 0 rings (SSSR count). The predicted molar refractivity (Wildman–Crippen MR) is 43.9 cm³/mol. The molecule has 0 aromatic rings. The Bertz CT molecular complexity index is 85.7. The van der Waals surface area contributed by atoms with Crippen molar-refractivity contribution in [1.29, 1.82) is 0 Å². The third kappa shape index (κ3) is 3.85. The fourth-order valence-electron chi connectivity index (χ4n) is 0.678. The second-order valence-corrected chi connectivity index (χ2v) is 3.75. The van der Waals surface area contributed by atoms with Gasteiger partial charge in [-0.15, -0.1) is 0 Å². The molecule has 0 aliphatic heterocycles. The van der Waals surface area contributed by atoms with Crippen molar-refractivity contribution in [2.75, 3.05) is 13.7 Å². The molecule has 0 fully saturated rings. The molecular weight excluding hydrogens is 126 g/mol. The first kappa shape index (κ1) is 9.92. The first-order chi connectivity index (χ1) is 4.48. The van der Waals surface area contributed by atoms with Gasteiger partial charge in [0.25, 0.3) is 0 Å². The van der Waals surface area contributed by atoms with Crippen LogP contribution in [0.5, 0.6) is 0 Å². The molecule has 0 saturated heterocycles. The van der Waals surface area contributed by atoms with Crippen molar-refractivity contribution >= 4 is 0 Å². The molecule has 10 heavy (non-hydrogen) atoms. The highest BCUT2D eigenvalue weighted by molar-refractivity contribution is 4.76. The summed E-state index contributed by atoms with van der Waals surface area (Å²) in [5.74, 6) is 0. The molecule has 0 heterocycles. The van der Waals surface area contributed by atoms with E-state index in [9.17, 15) is 0 Å². The lowest BCUT2D eigenvalue weighted by Gasteiger charge is -2.26. The van der Waals surface area contributed by atoms with Crippen LogP contribution < -0.4 is 5.73 Å². The smallest absolute Gasteiger partial charge is 0.0477 e. The lowest BCUT2D eigenvalue weighted by atomic mass is 9.86. The Hall–Kier alpha value is -0.0800. The summed E-state index contributed by atoms with van der Waals surface area (Å²) in [6, 6.07) is 0.243. The van der Waals surface area contributed by atoms with E-state index in [1.54, 1.807) is 7.11 Å². The molecule has 0 radical (unpaired) electrons. The summed E-state index contributed by atoms with van der Waals surface area (Å²) in [5, 5.41) is 0. The van der Waals surface area contributed by atoms with Gasteiger partial charge >= 0.3 is 0 Å². The summed E-state index contributed by atoms with van der Waals surface area (Å²) in [4.78, 5) is 0. The lowest BCUT2D eigenvalue weighted by Crippen LogP contribution is -2.35. The van der Waals surface area contributed by atoms with Gasteiger partial charge in [0, 0.05) is 19.8 Å². The molecule has 2 heteroatoms. The minimum atomic E-state index is 0.207. The maximum atomic E-state index is 5.86. The molecule has 0 saturated carbocycles. The van der Waals surface area contributed by atoms with Crippen LogP contribution in [0.3, 0.4) is 0 Å². The summed E-state index contributed by atoms with van der Waals surface area (Å²) < 4.78 is 4.93. The van der Waals surface area contributed by atoms with Crippen molar-refractivity contribution in [3.8, 4) is 0 Å². The van der Waals surface area contributed by atoms with Crippen LogP contribution >= 0.6 is 0 Å². The van der Waals surface area contributed by atoms with E-state index in [2.05, 4.69) is 20.8 Å². The average molecular weight is 145 g/mol. The van der Waals surface area contributed by atoms with Gasteiger partial charge in [-0.25, -0.2) is 0 Å². The van der Waals surface area contributed by atoms with Crippen LogP contribution in [0.2, 0.25) is 0 Å². The Balaban J connectivity index is 3.52. The van der Waals surface area contributed by atoms with Crippen LogP contribution in [0.1, 0.15) is 27.2 Å². The number of methoxy groups -OCH3 is 1. The van der Waals surface area contributed by atoms with Gasteiger partial charge in [0.05, 0.1) is 0 Å². The Labute approximate surface area is 63.7 Å². The van der Waals surface area contributed by atoms with Crippen LogP contribution in [-0.2, 0) is 4.74 Å². The maximum absolute atomic E-state index is 5.86. The molecule has 2 nitrogen and oxygen atoms in total. The molecule has 0 aromatic carbocycles. The monoisotopic (exact) mass is 145 g/mol. The van der Waals surface area contributed by atoms with E-state index in [-0.39, 0.29) is 11.5 Å². The van der Waals surface area contributed by atoms with Gasteiger partial charge in [-0.05, 0) is 11.8 Å². The van der Waals surface area contributed by atoms with Crippen LogP contribution in [0.4, 0.5) is 0 Å². The molecule has 1 atom stereocenters. The van der Waals surface area contributed by atoms with Gasteiger partial charge in [-0.3, -0.25) is 0 Å². The van der Waals surface area contributed by atoms with Crippen molar-refractivity contribution in [3.05, 3.63) is 0 Å². The summed E-state index contributed by atoms with van der Waals surface area (Å²) in [6.07, 6.45) is 0.944. The van der Waals surface area contributed by atoms with E-state index in [0.29, 0.717) is 0 Å². The van der Waals surface area contributed by atoms with Gasteiger partial charge in [0.1, 0.15) is 0 Å². The summed E-state index contributed by atoms with van der Waals surface area (Å²) in [7, 11) is 1.70. The highest BCUT2D eigenvalue weighted by Crippen LogP contribution is 2.19. The molecule has 2 N–H and O–H groups in total. The molecule has 1 unspecified atom stereocenters. The standard InChI is InChI=1S/C8H19NO/c1-8(2,3)7(9)5-6-10-4/h7H,5-6,9H2,1-4H3. The maximum Gasteiger partial charge on any atom is 0.0477 e. The Morgan fingerprint density at radius 1 is 1.40 bits per heavy atom. The third-order valence-corrected chi connectivity index (χ3v) is 1.75. The van der Waals surface area contributed by atoms with Crippen molar-refractivity contribution in [2.24, 2.45) is 11.1 Å². The fourth-order valence-corrected chi connectivity index (χ4v) is 0.678. The van der Waals surface area contributed by atoms with Gasteiger partial charge in [0.15, 0.2) is 0 Å². The second kappa shape index (κ2) is 3.94. The van der Waals surface area contributed by atoms with Gasteiger partial charge < -0.3 is 10.5 Å². The first-order valence-corrected chi connectivity index (χ1v) is 3.73. The Morgan fingerprint density at radius 3 is 2.20 bits per heavy atom. The van der Waals surface area contributed by atoms with Crippen LogP contribution in [0.25, 0.3) is 0 Å². The van der Waals surface area contributed by atoms with Gasteiger partial charge in [0.2, 0.25) is 0 Å². The van der Waals surface area contributed by atoms with Crippen LogP contribution in [0, 0.1) is 5.41 Å². The van der Waals surface area contributed by atoms with E-state index in [1.165, 1.54) is 0 Å². The molecule has 0 aliphatic rings. The molecule has 0 spiro atoms. The van der Waals surface area contributed by atoms with E-state index >= 15 is 0 Å². The zero-order chi connectivity index (χ0) is 8.20. The van der Waals surface area contributed by atoms with E-state index in [4.69, 9.17) is 10.5 Å². The minimum absolute atomic E-state index is 0.207. The highest BCUT2D eigenvalue weighted by Gasteiger charge is 2.19. The number of ether oxygens (including phenoxy) is 1. The molecule has 0 amide bonds. The number of hydrogen-bond acceptors (Lipinski definition) is 2. The van der Waals surface area contributed by atoms with Crippen molar-refractivity contribution in [1.82, 2.24) is 0 Å². The zero-order valence-electron chi connectivity index (χ0n) is 7.48. The van der Waals surface area contributed by atoms with Gasteiger partial charge in [-0.2, -0.15) is 0 Å². The van der Waals surface area contributed by atoms with Gasteiger partial charge in [-0.1, -0.05) is 20.8 Å². The fraction of sp³-hybridized carbons (Fsp3) is 1.00. The van der Waals surface area contributed by atoms with E-state index < -0.39 is 0 Å². The SMILES string of the molecule is COCCC(N)C(C)(C)C. The summed E-state index contributed by atoms with van der Waals surface area (Å²) in [6.45, 7) is 7.20. The van der Waals surface area contributed by atoms with Crippen molar-refractivity contribution < 1.29 is 4.74 Å². The molecular formula is C8H19NO. The first-order valence-electron chi connectivity index (χ1n) is 3.73. The zero-order valence-corrected chi connectivity index (χ0v) is 7.48. The number of rotatable bonds is 3. The summed E-state index contributed by atoms with van der Waals surface area (Å²) >= 11 is 0. The quantitative estimate of drug-likeness (QED) is 0.651. The third-order valence-electron chi connectivity index (χ3n) is 1.75. The largest absolute Gasteiger partial charge is 0.385 e. The normalized spacial score (nSPS) is 15.3. The predicted octanol–water partition coefficient (Wildman–Crippen LogP) is 1.40. The lowest BCUT2D eigenvalue weighted by molar-refractivity contribution is 0.166. The average Bonchev–Trinajstić information content (AvgIpc) is 1.80. The highest BCUT2D eigenvalue weighted by atomic mass is 16.5. The molecule has 0 bridgehead atoms. The topological polar surface area (TPSA) is 35.2 Å². The van der Waals surface area contributed by atoms with E-state index in [1.807, 2.05) is 0 Å². The summed E-state index contributed by atoms with van der Waals surface area (Å²) in [5.41, 5.74) is 6.06. The number of nitrogens with two attached hydrogens (primary N) is 1. The Morgan fingerprint density at radius 2 is 1.90 bits per heavy atom. The minimum Gasteiger partial charge on any atom is -0.385 e. The van der Waals surface area contributed by atoms with Crippen LogP contribution in [0.15, 0.2) is 0 Å².